The number of hydrogen-bond acceptors (Lipinski definition) is 5. The smallest absolute Gasteiger partial charge is 0.257 e. The Balaban J connectivity index is 2.18. The topological polar surface area (TPSA) is 104 Å². The van der Waals surface area contributed by atoms with Gasteiger partial charge >= 0.3 is 0 Å². The summed E-state index contributed by atoms with van der Waals surface area (Å²) in [5, 5.41) is 4.88. The Labute approximate surface area is 115 Å². The molecule has 0 aliphatic carbocycles. The fourth-order valence-corrected chi connectivity index (χ4v) is 2.40. The van der Waals surface area contributed by atoms with E-state index in [0.29, 0.717) is 17.0 Å². The van der Waals surface area contributed by atoms with Gasteiger partial charge in [0, 0.05) is 13.2 Å². The van der Waals surface area contributed by atoms with Gasteiger partial charge in [-0.05, 0) is 12.1 Å². The third kappa shape index (κ3) is 2.15. The minimum Gasteiger partial charge on any atom is -0.331 e. The highest BCUT2D eigenvalue weighted by atomic mass is 32.2. The highest BCUT2D eigenvalue weighted by Crippen LogP contribution is 2.19. The van der Waals surface area contributed by atoms with Crippen LogP contribution in [-0.2, 0) is 17.1 Å². The Bertz CT molecular complexity index is 901. The third-order valence-corrected chi connectivity index (χ3v) is 3.60. The lowest BCUT2D eigenvalue weighted by molar-refractivity contribution is 0.594. The predicted octanol–water partition coefficient (Wildman–Crippen LogP) is 0.678. The zero-order valence-electron chi connectivity index (χ0n) is 10.6. The lowest BCUT2D eigenvalue weighted by Crippen LogP contribution is -2.12. The highest BCUT2D eigenvalue weighted by molar-refractivity contribution is 7.89. The molecule has 0 saturated heterocycles. The number of benzene rings is 1. The molecule has 20 heavy (non-hydrogen) atoms. The molecular weight excluding hydrogens is 278 g/mol. The van der Waals surface area contributed by atoms with E-state index < -0.39 is 10.0 Å². The van der Waals surface area contributed by atoms with Crippen LogP contribution in [0.5, 0.6) is 0 Å². The molecule has 3 aromatic rings. The number of aryl methyl sites for hydroxylation is 1. The average molecular weight is 289 g/mol. The van der Waals surface area contributed by atoms with Crippen LogP contribution >= 0.6 is 0 Å². The van der Waals surface area contributed by atoms with Gasteiger partial charge in [-0.25, -0.2) is 23.5 Å². The van der Waals surface area contributed by atoms with E-state index in [4.69, 9.17) is 5.14 Å². The normalized spacial score (nSPS) is 11.9. The summed E-state index contributed by atoms with van der Waals surface area (Å²) in [7, 11) is -2.16. The Hall–Kier alpha value is -2.32. The Morgan fingerprint density at radius 3 is 2.50 bits per heavy atom. The van der Waals surface area contributed by atoms with Crippen molar-refractivity contribution in [3.8, 4) is 11.5 Å². The maximum atomic E-state index is 11.3. The van der Waals surface area contributed by atoms with Crippen molar-refractivity contribution in [2.75, 3.05) is 0 Å². The molecular formula is C12H11N5O2S. The number of aromatic nitrogens is 4. The first-order valence-electron chi connectivity index (χ1n) is 5.73. The lowest BCUT2D eigenvalue weighted by atomic mass is 10.3. The first-order chi connectivity index (χ1) is 9.45. The summed E-state index contributed by atoms with van der Waals surface area (Å²) < 4.78 is 24.2. The minimum absolute atomic E-state index is 0.190. The number of nitrogens with two attached hydrogens (primary N) is 1. The van der Waals surface area contributed by atoms with E-state index in [1.165, 1.54) is 6.20 Å². The second-order valence-electron chi connectivity index (χ2n) is 4.30. The summed E-state index contributed by atoms with van der Waals surface area (Å²) >= 11 is 0. The first kappa shape index (κ1) is 12.7. The molecule has 1 aromatic carbocycles. The van der Waals surface area contributed by atoms with Crippen molar-refractivity contribution in [2.24, 2.45) is 12.2 Å². The van der Waals surface area contributed by atoms with Crippen molar-refractivity contribution in [2.45, 2.75) is 5.03 Å². The molecule has 0 unspecified atom stereocenters. The molecule has 0 aliphatic heterocycles. The largest absolute Gasteiger partial charge is 0.331 e. The van der Waals surface area contributed by atoms with Crippen LogP contribution in [0.3, 0.4) is 0 Å². The number of primary sulfonamides is 1. The Morgan fingerprint density at radius 2 is 1.85 bits per heavy atom. The number of imidazole rings is 1. The number of rotatable bonds is 2. The van der Waals surface area contributed by atoms with Crippen LogP contribution in [0, 0.1) is 0 Å². The van der Waals surface area contributed by atoms with Gasteiger partial charge in [-0.2, -0.15) is 0 Å². The van der Waals surface area contributed by atoms with Crippen LogP contribution in [0.15, 0.2) is 41.7 Å². The molecule has 0 radical (unpaired) electrons. The van der Waals surface area contributed by atoms with Crippen molar-refractivity contribution in [1.29, 1.82) is 0 Å². The van der Waals surface area contributed by atoms with Gasteiger partial charge in [-0.3, -0.25) is 4.98 Å². The molecule has 7 nitrogen and oxygen atoms in total. The van der Waals surface area contributed by atoms with Crippen molar-refractivity contribution in [1.82, 2.24) is 19.5 Å². The fourth-order valence-electron chi connectivity index (χ4n) is 1.88. The fraction of sp³-hybridized carbons (Fsp3) is 0.0833. The van der Waals surface area contributed by atoms with Gasteiger partial charge in [0.2, 0.25) is 0 Å². The number of fused-ring (bicyclic) bond motifs is 1. The Morgan fingerprint density at radius 1 is 1.15 bits per heavy atom. The van der Waals surface area contributed by atoms with Crippen molar-refractivity contribution < 1.29 is 8.42 Å². The van der Waals surface area contributed by atoms with Crippen molar-refractivity contribution >= 4 is 21.1 Å². The summed E-state index contributed by atoms with van der Waals surface area (Å²) in [5.74, 6) is 0.396. The van der Waals surface area contributed by atoms with Gasteiger partial charge in [0.1, 0.15) is 5.69 Å². The van der Waals surface area contributed by atoms with E-state index in [9.17, 15) is 8.42 Å². The summed E-state index contributed by atoms with van der Waals surface area (Å²) in [6, 6.07) is 7.40. The van der Waals surface area contributed by atoms with Crippen LogP contribution in [0.1, 0.15) is 0 Å². The van der Waals surface area contributed by atoms with Gasteiger partial charge in [0.05, 0.1) is 17.2 Å². The molecule has 0 bridgehead atoms. The third-order valence-electron chi connectivity index (χ3n) is 2.82. The van der Waals surface area contributed by atoms with E-state index in [0.717, 1.165) is 5.52 Å². The molecule has 2 N–H and O–H groups in total. The molecule has 0 fully saturated rings. The van der Waals surface area contributed by atoms with Crippen LogP contribution < -0.4 is 5.14 Å². The molecule has 2 aromatic heterocycles. The van der Waals surface area contributed by atoms with Gasteiger partial charge in [-0.15, -0.1) is 0 Å². The quantitative estimate of drug-likeness (QED) is 0.747. The average Bonchev–Trinajstić information content (AvgIpc) is 2.80. The highest BCUT2D eigenvalue weighted by Gasteiger charge is 2.17. The SMILES string of the molecule is Cn1cc(S(N)(=O)=O)nc1-c1cnc2ccccc2n1. The van der Waals surface area contributed by atoms with E-state index >= 15 is 0 Å². The van der Waals surface area contributed by atoms with E-state index in [1.54, 1.807) is 17.8 Å². The zero-order valence-corrected chi connectivity index (χ0v) is 11.4. The van der Waals surface area contributed by atoms with Crippen molar-refractivity contribution in [3.05, 3.63) is 36.7 Å². The second kappa shape index (κ2) is 4.36. The summed E-state index contributed by atoms with van der Waals surface area (Å²) in [6.07, 6.45) is 2.90. The molecule has 0 amide bonds. The first-order valence-corrected chi connectivity index (χ1v) is 7.28. The van der Waals surface area contributed by atoms with Gasteiger partial charge in [-0.1, -0.05) is 12.1 Å². The van der Waals surface area contributed by atoms with Gasteiger partial charge < -0.3 is 4.57 Å². The van der Waals surface area contributed by atoms with Crippen LogP contribution in [0.2, 0.25) is 0 Å². The maximum Gasteiger partial charge on any atom is 0.257 e. The number of sulfonamides is 1. The molecule has 0 spiro atoms. The molecule has 0 atom stereocenters. The molecule has 0 saturated carbocycles. The van der Waals surface area contributed by atoms with Crippen LogP contribution in [0.4, 0.5) is 0 Å². The number of hydrogen-bond donors (Lipinski definition) is 1. The monoisotopic (exact) mass is 289 g/mol. The summed E-state index contributed by atoms with van der Waals surface area (Å²) in [4.78, 5) is 12.7. The molecule has 3 rings (SSSR count). The Kier molecular flexibility index (Phi) is 2.77. The molecule has 8 heteroatoms. The van der Waals surface area contributed by atoms with Crippen LogP contribution in [0.25, 0.3) is 22.6 Å². The van der Waals surface area contributed by atoms with Gasteiger partial charge in [0.25, 0.3) is 10.0 Å². The standard InChI is InChI=1S/C12H11N5O2S/c1-17-7-11(20(13,18)19)16-12(17)10-6-14-8-4-2-3-5-9(8)15-10/h2-7H,1H3,(H2,13,18,19). The maximum absolute atomic E-state index is 11.3. The van der Waals surface area contributed by atoms with E-state index in [-0.39, 0.29) is 5.03 Å². The van der Waals surface area contributed by atoms with E-state index in [1.807, 2.05) is 24.3 Å². The van der Waals surface area contributed by atoms with Crippen molar-refractivity contribution in [3.63, 3.8) is 0 Å². The molecule has 0 aliphatic rings. The second-order valence-corrected chi connectivity index (χ2v) is 5.81. The molecule has 102 valence electrons. The summed E-state index contributed by atoms with van der Waals surface area (Å²) in [5.41, 5.74) is 1.96. The van der Waals surface area contributed by atoms with Gasteiger partial charge in [0.15, 0.2) is 10.9 Å². The summed E-state index contributed by atoms with van der Waals surface area (Å²) in [6.45, 7) is 0. The molecule has 2 heterocycles. The zero-order chi connectivity index (χ0) is 14.3. The van der Waals surface area contributed by atoms with E-state index in [2.05, 4.69) is 15.0 Å². The number of para-hydroxylation sites is 2. The van der Waals surface area contributed by atoms with Crippen LogP contribution in [-0.4, -0.2) is 27.9 Å². The number of nitrogens with zero attached hydrogens (tertiary/aromatic N) is 4. The lowest BCUT2D eigenvalue weighted by Gasteiger charge is -2.01. The predicted molar refractivity (Wildman–Crippen MR) is 73.1 cm³/mol. The minimum atomic E-state index is -3.84.